The fourth-order valence-corrected chi connectivity index (χ4v) is 2.09. The maximum Gasteiger partial charge on any atom is 0.337 e. The van der Waals surface area contributed by atoms with E-state index >= 15 is 0 Å². The zero-order valence-electron chi connectivity index (χ0n) is 12.5. The van der Waals surface area contributed by atoms with Crippen LogP contribution in [-0.2, 0) is 4.79 Å². The van der Waals surface area contributed by atoms with E-state index in [1.165, 1.54) is 18.2 Å². The molecule has 0 aromatic heterocycles. The first-order valence-corrected chi connectivity index (χ1v) is 7.38. The van der Waals surface area contributed by atoms with Gasteiger partial charge in [0.1, 0.15) is 12.0 Å². The van der Waals surface area contributed by atoms with Crippen LogP contribution in [0.15, 0.2) is 42.5 Å². The second kappa shape index (κ2) is 8.12. The highest BCUT2D eigenvalue weighted by atomic mass is 35.5. The molecule has 0 spiro atoms. The molecule has 0 bridgehead atoms. The molecule has 0 heterocycles. The third-order valence-electron chi connectivity index (χ3n) is 3.09. The SMILES string of the molecule is O=Cc1ccc(OCCC(=O)Nc2ccc(Cl)c(C(=O)O)c2)cc1. The van der Waals surface area contributed by atoms with Gasteiger partial charge in [-0.25, -0.2) is 4.79 Å². The van der Waals surface area contributed by atoms with Crippen LogP contribution in [-0.4, -0.2) is 29.9 Å². The molecule has 124 valence electrons. The van der Waals surface area contributed by atoms with E-state index in [1.807, 2.05) is 0 Å². The molecule has 2 N–H and O–H groups in total. The minimum absolute atomic E-state index is 0.0824. The fourth-order valence-electron chi connectivity index (χ4n) is 1.89. The predicted octanol–water partition coefficient (Wildman–Crippen LogP) is 3.26. The number of carboxylic acids is 1. The van der Waals surface area contributed by atoms with Crippen molar-refractivity contribution in [2.75, 3.05) is 11.9 Å². The van der Waals surface area contributed by atoms with E-state index in [-0.39, 0.29) is 29.5 Å². The van der Waals surface area contributed by atoms with Crippen molar-refractivity contribution in [1.82, 2.24) is 0 Å². The number of hydrogen-bond acceptors (Lipinski definition) is 4. The van der Waals surface area contributed by atoms with E-state index in [0.29, 0.717) is 17.0 Å². The molecule has 2 aromatic carbocycles. The van der Waals surface area contributed by atoms with E-state index in [2.05, 4.69) is 5.32 Å². The van der Waals surface area contributed by atoms with Crippen LogP contribution in [0.4, 0.5) is 5.69 Å². The molecule has 0 atom stereocenters. The molecule has 0 unspecified atom stereocenters. The molecule has 0 saturated carbocycles. The number of anilines is 1. The summed E-state index contributed by atoms with van der Waals surface area (Å²) in [4.78, 5) is 33.4. The van der Waals surface area contributed by atoms with Crippen LogP contribution in [0.1, 0.15) is 27.1 Å². The zero-order valence-corrected chi connectivity index (χ0v) is 13.2. The van der Waals surface area contributed by atoms with Gasteiger partial charge in [0.2, 0.25) is 5.91 Å². The Morgan fingerprint density at radius 3 is 2.50 bits per heavy atom. The topological polar surface area (TPSA) is 92.7 Å². The highest BCUT2D eigenvalue weighted by Crippen LogP contribution is 2.20. The van der Waals surface area contributed by atoms with Gasteiger partial charge in [0, 0.05) is 11.3 Å². The first-order valence-electron chi connectivity index (χ1n) is 7.00. The van der Waals surface area contributed by atoms with Crippen LogP contribution >= 0.6 is 11.6 Å². The third-order valence-corrected chi connectivity index (χ3v) is 3.42. The van der Waals surface area contributed by atoms with Gasteiger partial charge in [-0.15, -0.1) is 0 Å². The summed E-state index contributed by atoms with van der Waals surface area (Å²) in [5.74, 6) is -0.940. The Bertz CT molecular complexity index is 758. The van der Waals surface area contributed by atoms with E-state index in [9.17, 15) is 14.4 Å². The lowest BCUT2D eigenvalue weighted by atomic mass is 10.2. The number of halogens is 1. The predicted molar refractivity (Wildman–Crippen MR) is 89.0 cm³/mol. The summed E-state index contributed by atoms with van der Waals surface area (Å²) >= 11 is 5.77. The van der Waals surface area contributed by atoms with Gasteiger partial charge < -0.3 is 15.2 Å². The minimum atomic E-state index is -1.17. The monoisotopic (exact) mass is 347 g/mol. The van der Waals surface area contributed by atoms with E-state index < -0.39 is 5.97 Å². The van der Waals surface area contributed by atoms with Crippen LogP contribution in [0.2, 0.25) is 5.02 Å². The smallest absolute Gasteiger partial charge is 0.337 e. The molecule has 0 aliphatic rings. The highest BCUT2D eigenvalue weighted by Gasteiger charge is 2.11. The lowest BCUT2D eigenvalue weighted by molar-refractivity contribution is -0.116. The summed E-state index contributed by atoms with van der Waals surface area (Å²) in [6.07, 6.45) is 0.815. The Morgan fingerprint density at radius 2 is 1.88 bits per heavy atom. The van der Waals surface area contributed by atoms with Crippen LogP contribution in [0, 0.1) is 0 Å². The van der Waals surface area contributed by atoms with Crippen molar-refractivity contribution in [2.45, 2.75) is 6.42 Å². The molecular weight excluding hydrogens is 334 g/mol. The van der Waals surface area contributed by atoms with Crippen molar-refractivity contribution in [3.63, 3.8) is 0 Å². The van der Waals surface area contributed by atoms with Gasteiger partial charge in [-0.05, 0) is 42.5 Å². The first kappa shape index (κ1) is 17.5. The van der Waals surface area contributed by atoms with Gasteiger partial charge in [0.25, 0.3) is 0 Å². The number of ether oxygens (including phenoxy) is 1. The van der Waals surface area contributed by atoms with Crippen LogP contribution < -0.4 is 10.1 Å². The Morgan fingerprint density at radius 1 is 1.17 bits per heavy atom. The number of benzene rings is 2. The van der Waals surface area contributed by atoms with Gasteiger partial charge in [0.15, 0.2) is 0 Å². The third kappa shape index (κ3) is 4.82. The van der Waals surface area contributed by atoms with E-state index in [0.717, 1.165) is 6.29 Å². The number of amides is 1. The molecule has 7 heteroatoms. The first-order chi connectivity index (χ1) is 11.5. The molecule has 2 aromatic rings. The number of rotatable bonds is 7. The Kier molecular flexibility index (Phi) is 5.92. The van der Waals surface area contributed by atoms with Crippen molar-refractivity contribution in [1.29, 1.82) is 0 Å². The lowest BCUT2D eigenvalue weighted by Crippen LogP contribution is -2.15. The van der Waals surface area contributed by atoms with Gasteiger partial charge in [-0.3, -0.25) is 9.59 Å². The molecule has 6 nitrogen and oxygen atoms in total. The van der Waals surface area contributed by atoms with Crippen LogP contribution in [0.3, 0.4) is 0 Å². The number of carboxylic acid groups (broad SMARTS) is 1. The van der Waals surface area contributed by atoms with Gasteiger partial charge in [0.05, 0.1) is 23.6 Å². The molecule has 24 heavy (non-hydrogen) atoms. The van der Waals surface area contributed by atoms with Gasteiger partial charge >= 0.3 is 5.97 Å². The van der Waals surface area contributed by atoms with Crippen LogP contribution in [0.5, 0.6) is 5.75 Å². The number of nitrogens with one attached hydrogen (secondary N) is 1. The highest BCUT2D eigenvalue weighted by molar-refractivity contribution is 6.33. The molecular formula is C17H14ClNO5. The quantitative estimate of drug-likeness (QED) is 0.750. The number of aldehydes is 1. The number of carbonyl (C=O) groups is 3. The average molecular weight is 348 g/mol. The van der Waals surface area contributed by atoms with E-state index in [1.54, 1.807) is 24.3 Å². The second-order valence-corrected chi connectivity index (χ2v) is 5.24. The fraction of sp³-hybridized carbons (Fsp3) is 0.118. The van der Waals surface area contributed by atoms with Gasteiger partial charge in [-0.1, -0.05) is 11.6 Å². The van der Waals surface area contributed by atoms with Gasteiger partial charge in [-0.2, -0.15) is 0 Å². The second-order valence-electron chi connectivity index (χ2n) is 4.83. The molecule has 2 rings (SSSR count). The Labute approximate surface area is 143 Å². The summed E-state index contributed by atoms with van der Waals surface area (Å²) in [6.45, 7) is 0.144. The number of hydrogen-bond donors (Lipinski definition) is 2. The van der Waals surface area contributed by atoms with Crippen molar-refractivity contribution >= 4 is 35.5 Å². The Balaban J connectivity index is 1.85. The maximum absolute atomic E-state index is 11.9. The van der Waals surface area contributed by atoms with Crippen molar-refractivity contribution in [3.05, 3.63) is 58.6 Å². The minimum Gasteiger partial charge on any atom is -0.493 e. The van der Waals surface area contributed by atoms with Crippen molar-refractivity contribution in [2.24, 2.45) is 0 Å². The summed E-state index contributed by atoms with van der Waals surface area (Å²) < 4.78 is 5.40. The summed E-state index contributed by atoms with van der Waals surface area (Å²) in [7, 11) is 0. The van der Waals surface area contributed by atoms with Crippen molar-refractivity contribution in [3.8, 4) is 5.75 Å². The molecule has 0 fully saturated rings. The number of carbonyl (C=O) groups excluding carboxylic acids is 2. The Hall–Kier alpha value is -2.86. The number of aromatic carboxylic acids is 1. The van der Waals surface area contributed by atoms with Crippen molar-refractivity contribution < 1.29 is 24.2 Å². The maximum atomic E-state index is 11.9. The van der Waals surface area contributed by atoms with E-state index in [4.69, 9.17) is 21.4 Å². The molecule has 0 saturated heterocycles. The summed E-state index contributed by atoms with van der Waals surface area (Å²) in [5.41, 5.74) is 0.801. The molecule has 0 aliphatic carbocycles. The lowest BCUT2D eigenvalue weighted by Gasteiger charge is -2.08. The zero-order chi connectivity index (χ0) is 17.5. The normalized spacial score (nSPS) is 10.0. The summed E-state index contributed by atoms with van der Waals surface area (Å²) in [5, 5.41) is 11.7. The largest absolute Gasteiger partial charge is 0.493 e. The standard InChI is InChI=1S/C17H14ClNO5/c18-15-6-3-12(9-14(15)17(22)23)19-16(21)7-8-24-13-4-1-11(10-20)2-5-13/h1-6,9-10H,7-8H2,(H,19,21)(H,22,23). The molecule has 1 amide bonds. The molecule has 0 aliphatic heterocycles. The summed E-state index contributed by atoms with van der Waals surface area (Å²) in [6, 6.07) is 10.7. The average Bonchev–Trinajstić information content (AvgIpc) is 2.57. The van der Waals surface area contributed by atoms with Crippen LogP contribution in [0.25, 0.3) is 0 Å². The molecule has 0 radical (unpaired) electrons.